The molecule has 1 rings (SSSR count). The molecule has 0 aliphatic heterocycles. The Balaban J connectivity index is 2.44. The molecule has 40 valence electrons. The minimum absolute atomic E-state index is 0.240. The van der Waals surface area contributed by atoms with Gasteiger partial charge < -0.3 is 4.79 Å². The summed E-state index contributed by atoms with van der Waals surface area (Å²) in [7, 11) is 0. The van der Waals surface area contributed by atoms with Crippen LogP contribution in [0.2, 0.25) is 0 Å². The number of carbonyl (C=O) groups is 1. The molecule has 1 aliphatic carbocycles. The molecule has 1 nitrogen and oxygen atoms in total. The Hall–Kier alpha value is -0.470. The highest BCUT2D eigenvalue weighted by Crippen LogP contribution is 2.46. The molecule has 0 aromatic rings. The minimum atomic E-state index is -2.65. The second-order valence-corrected chi connectivity index (χ2v) is 1.71. The lowest BCUT2D eigenvalue weighted by Gasteiger charge is -1.81. The van der Waals surface area contributed by atoms with Crippen LogP contribution in [-0.4, -0.2) is 12.2 Å². The van der Waals surface area contributed by atoms with Crippen LogP contribution >= 0.6 is 0 Å². The van der Waals surface area contributed by atoms with E-state index in [1.54, 1.807) is 0 Å². The summed E-state index contributed by atoms with van der Waals surface area (Å²) in [6, 6.07) is 0. The molecule has 0 N–H and O–H groups in total. The third-order valence-corrected chi connectivity index (χ3v) is 1.04. The molecular formula is C4H4F2O. The Kier molecular flexibility index (Phi) is 0.685. The van der Waals surface area contributed by atoms with Crippen LogP contribution < -0.4 is 0 Å². The van der Waals surface area contributed by atoms with Gasteiger partial charge in [-0.15, -0.1) is 0 Å². The molecule has 0 unspecified atom stereocenters. The first-order chi connectivity index (χ1) is 3.17. The lowest BCUT2D eigenvalue weighted by molar-refractivity contribution is -0.110. The van der Waals surface area contributed by atoms with Gasteiger partial charge in [-0.3, -0.25) is 0 Å². The van der Waals surface area contributed by atoms with Crippen molar-refractivity contribution < 1.29 is 13.6 Å². The van der Waals surface area contributed by atoms with E-state index in [1.807, 2.05) is 0 Å². The van der Waals surface area contributed by atoms with E-state index in [4.69, 9.17) is 0 Å². The van der Waals surface area contributed by atoms with Crippen molar-refractivity contribution in [3.05, 3.63) is 0 Å². The van der Waals surface area contributed by atoms with Crippen molar-refractivity contribution in [2.75, 3.05) is 0 Å². The van der Waals surface area contributed by atoms with Crippen molar-refractivity contribution in [1.82, 2.24) is 0 Å². The predicted molar refractivity (Wildman–Crippen MR) is 19.1 cm³/mol. The van der Waals surface area contributed by atoms with Crippen molar-refractivity contribution in [1.29, 1.82) is 0 Å². The van der Waals surface area contributed by atoms with Gasteiger partial charge in [-0.1, -0.05) is 0 Å². The maximum absolute atomic E-state index is 11.6. The lowest BCUT2D eigenvalue weighted by Crippen LogP contribution is -1.92. The average Bonchev–Trinajstić information content (AvgIpc) is 2.13. The molecule has 1 fully saturated rings. The largest absolute Gasteiger partial charge is 0.303 e. The Morgan fingerprint density at radius 2 is 2.14 bits per heavy atom. The van der Waals surface area contributed by atoms with Crippen LogP contribution in [0.15, 0.2) is 0 Å². The van der Waals surface area contributed by atoms with Crippen molar-refractivity contribution in [3.63, 3.8) is 0 Å². The SMILES string of the molecule is O=C[C@H]1CC1(F)F. The summed E-state index contributed by atoms with van der Waals surface area (Å²) in [5, 5.41) is 0. The molecule has 0 aromatic heterocycles. The van der Waals surface area contributed by atoms with Crippen LogP contribution in [0.1, 0.15) is 6.42 Å². The first kappa shape index (κ1) is 4.68. The Morgan fingerprint density at radius 3 is 2.14 bits per heavy atom. The maximum atomic E-state index is 11.6. The topological polar surface area (TPSA) is 17.1 Å². The normalized spacial score (nSPS) is 34.9. The number of carbonyl (C=O) groups excluding carboxylic acids is 1. The van der Waals surface area contributed by atoms with Crippen LogP contribution in [0.3, 0.4) is 0 Å². The molecule has 0 spiro atoms. The van der Waals surface area contributed by atoms with Gasteiger partial charge in [0.1, 0.15) is 6.29 Å². The predicted octanol–water partition coefficient (Wildman–Crippen LogP) is 0.841. The Morgan fingerprint density at radius 1 is 1.71 bits per heavy atom. The van der Waals surface area contributed by atoms with Crippen molar-refractivity contribution in [2.45, 2.75) is 12.3 Å². The zero-order chi connectivity index (χ0) is 5.49. The Bertz CT molecular complexity index is 99.9. The maximum Gasteiger partial charge on any atom is 0.258 e. The van der Waals surface area contributed by atoms with E-state index in [0.717, 1.165) is 0 Å². The standard InChI is InChI=1S/C4H4F2O/c5-4(6)1-3(4)2-7/h2-3H,1H2/t3-/m1/s1. The number of alkyl halides is 2. The van der Waals surface area contributed by atoms with Gasteiger partial charge in [0.2, 0.25) is 0 Å². The second kappa shape index (κ2) is 1.02. The number of rotatable bonds is 1. The van der Waals surface area contributed by atoms with Gasteiger partial charge in [-0.2, -0.15) is 0 Å². The minimum Gasteiger partial charge on any atom is -0.303 e. The van der Waals surface area contributed by atoms with Gasteiger partial charge >= 0.3 is 0 Å². The van der Waals surface area contributed by atoms with E-state index in [0.29, 0.717) is 6.29 Å². The number of hydrogen-bond donors (Lipinski definition) is 0. The van der Waals surface area contributed by atoms with Gasteiger partial charge in [0.25, 0.3) is 5.92 Å². The fourth-order valence-corrected chi connectivity index (χ4v) is 0.382. The molecule has 0 amide bonds. The van der Waals surface area contributed by atoms with Crippen molar-refractivity contribution >= 4 is 6.29 Å². The van der Waals surface area contributed by atoms with E-state index in [9.17, 15) is 13.6 Å². The third kappa shape index (κ3) is 0.621. The number of halogens is 2. The van der Waals surface area contributed by atoms with E-state index >= 15 is 0 Å². The quantitative estimate of drug-likeness (QED) is 0.453. The zero-order valence-corrected chi connectivity index (χ0v) is 3.53. The summed E-state index contributed by atoms with van der Waals surface area (Å²) < 4.78 is 23.1. The summed E-state index contributed by atoms with van der Waals surface area (Å²) in [6.07, 6.45) is 0.0660. The molecule has 0 radical (unpaired) electrons. The molecule has 0 aromatic carbocycles. The van der Waals surface area contributed by atoms with Crippen LogP contribution in [0, 0.1) is 5.92 Å². The molecule has 1 atom stereocenters. The molecule has 0 bridgehead atoms. The fourth-order valence-electron chi connectivity index (χ4n) is 0.382. The molecule has 3 heteroatoms. The van der Waals surface area contributed by atoms with Crippen LogP contribution in [0.4, 0.5) is 8.78 Å². The molecule has 7 heavy (non-hydrogen) atoms. The number of hydrogen-bond acceptors (Lipinski definition) is 1. The summed E-state index contributed by atoms with van der Waals surface area (Å²) in [5.74, 6) is -3.62. The number of aldehydes is 1. The Labute approximate surface area is 39.3 Å². The fraction of sp³-hybridized carbons (Fsp3) is 0.750. The monoisotopic (exact) mass is 106 g/mol. The van der Waals surface area contributed by atoms with Gasteiger partial charge in [0, 0.05) is 6.42 Å². The second-order valence-electron chi connectivity index (χ2n) is 1.71. The van der Waals surface area contributed by atoms with Gasteiger partial charge in [0.15, 0.2) is 0 Å². The van der Waals surface area contributed by atoms with E-state index in [2.05, 4.69) is 0 Å². The molecule has 1 aliphatic rings. The highest BCUT2D eigenvalue weighted by Gasteiger charge is 2.56. The lowest BCUT2D eigenvalue weighted by atomic mass is 10.5. The molecule has 0 saturated heterocycles. The van der Waals surface area contributed by atoms with Crippen LogP contribution in [0.5, 0.6) is 0 Å². The zero-order valence-electron chi connectivity index (χ0n) is 3.53. The van der Waals surface area contributed by atoms with Gasteiger partial charge in [-0.05, 0) is 0 Å². The van der Waals surface area contributed by atoms with Crippen molar-refractivity contribution in [2.24, 2.45) is 5.92 Å². The third-order valence-electron chi connectivity index (χ3n) is 1.04. The van der Waals surface area contributed by atoms with E-state index in [1.165, 1.54) is 0 Å². The summed E-state index contributed by atoms with van der Waals surface area (Å²) >= 11 is 0. The first-order valence-corrected chi connectivity index (χ1v) is 2.00. The highest BCUT2D eigenvalue weighted by atomic mass is 19.3. The summed E-state index contributed by atoms with van der Waals surface area (Å²) in [6.45, 7) is 0. The van der Waals surface area contributed by atoms with Crippen molar-refractivity contribution in [3.8, 4) is 0 Å². The van der Waals surface area contributed by atoms with E-state index < -0.39 is 11.8 Å². The summed E-state index contributed by atoms with van der Waals surface area (Å²) in [4.78, 5) is 9.50. The summed E-state index contributed by atoms with van der Waals surface area (Å²) in [5.41, 5.74) is 0. The molecular weight excluding hydrogens is 102 g/mol. The van der Waals surface area contributed by atoms with Gasteiger partial charge in [-0.25, -0.2) is 8.78 Å². The van der Waals surface area contributed by atoms with E-state index in [-0.39, 0.29) is 6.42 Å². The first-order valence-electron chi connectivity index (χ1n) is 2.00. The van der Waals surface area contributed by atoms with Crippen LogP contribution in [0.25, 0.3) is 0 Å². The molecule has 1 saturated carbocycles. The smallest absolute Gasteiger partial charge is 0.258 e. The average molecular weight is 106 g/mol. The van der Waals surface area contributed by atoms with Gasteiger partial charge in [0.05, 0.1) is 5.92 Å². The van der Waals surface area contributed by atoms with Crippen LogP contribution in [-0.2, 0) is 4.79 Å². The molecule has 0 heterocycles. The highest BCUT2D eigenvalue weighted by molar-refractivity contribution is 5.60.